The fourth-order valence-electron chi connectivity index (χ4n) is 2.04. The van der Waals surface area contributed by atoms with Crippen molar-refractivity contribution in [2.75, 3.05) is 7.05 Å². The predicted octanol–water partition coefficient (Wildman–Crippen LogP) is 2.64. The first-order chi connectivity index (χ1) is 9.62. The van der Waals surface area contributed by atoms with Crippen LogP contribution < -0.4 is 0 Å². The number of hydrogen-bond donors (Lipinski definition) is 1. The molecule has 0 amide bonds. The van der Waals surface area contributed by atoms with Crippen molar-refractivity contribution in [3.63, 3.8) is 0 Å². The van der Waals surface area contributed by atoms with Gasteiger partial charge in [0.1, 0.15) is 5.82 Å². The Morgan fingerprint density at radius 2 is 2.00 bits per heavy atom. The second kappa shape index (κ2) is 6.53. The van der Waals surface area contributed by atoms with Gasteiger partial charge in [0, 0.05) is 18.7 Å². The van der Waals surface area contributed by atoms with E-state index >= 15 is 0 Å². The van der Waals surface area contributed by atoms with Gasteiger partial charge < -0.3 is 5.11 Å². The highest BCUT2D eigenvalue weighted by Gasteiger charge is 2.28. The number of sulfonamides is 1. The van der Waals surface area contributed by atoms with Gasteiger partial charge in [-0.15, -0.1) is 0 Å². The predicted molar refractivity (Wildman–Crippen MR) is 77.4 cm³/mol. The molecule has 0 heterocycles. The van der Waals surface area contributed by atoms with Gasteiger partial charge in [0.15, 0.2) is 0 Å². The minimum atomic E-state index is -3.94. The Kier molecular flexibility index (Phi) is 5.47. The second-order valence-corrected chi connectivity index (χ2v) is 7.01. The van der Waals surface area contributed by atoms with Crippen molar-refractivity contribution in [2.24, 2.45) is 0 Å². The summed E-state index contributed by atoms with van der Waals surface area (Å²) >= 11 is 0. The number of carboxylic acid groups (broad SMARTS) is 1. The Bertz CT molecular complexity index is 643. The molecule has 21 heavy (non-hydrogen) atoms. The molecule has 0 saturated carbocycles. The summed E-state index contributed by atoms with van der Waals surface area (Å²) in [4.78, 5) is 10.7. The molecule has 0 spiro atoms. The monoisotopic (exact) mass is 317 g/mol. The third-order valence-corrected chi connectivity index (χ3v) is 5.63. The Morgan fingerprint density at radius 3 is 2.48 bits per heavy atom. The molecule has 0 aromatic heterocycles. The molecule has 0 bridgehead atoms. The topological polar surface area (TPSA) is 74.7 Å². The number of hydrogen-bond acceptors (Lipinski definition) is 3. The van der Waals surface area contributed by atoms with E-state index in [0.717, 1.165) is 22.9 Å². The highest BCUT2D eigenvalue weighted by atomic mass is 32.2. The van der Waals surface area contributed by atoms with Gasteiger partial charge in [0.05, 0.1) is 10.5 Å². The smallest absolute Gasteiger partial charge is 0.335 e. The molecule has 1 rings (SSSR count). The lowest BCUT2D eigenvalue weighted by Gasteiger charge is -2.25. The third kappa shape index (κ3) is 3.59. The molecular formula is C14H20FNO4S. The number of carbonyl (C=O) groups is 1. The molecule has 1 unspecified atom stereocenters. The molecule has 1 aromatic rings. The van der Waals surface area contributed by atoms with Gasteiger partial charge in [-0.25, -0.2) is 17.6 Å². The van der Waals surface area contributed by atoms with Crippen molar-refractivity contribution in [1.29, 1.82) is 0 Å². The highest BCUT2D eigenvalue weighted by molar-refractivity contribution is 7.89. The summed E-state index contributed by atoms with van der Waals surface area (Å²) in [5.74, 6) is -2.21. The summed E-state index contributed by atoms with van der Waals surface area (Å²) in [6.45, 7) is 5.02. The standard InChI is InChI=1S/C14H20FNO4S/c1-5-6-9(2)16(4)21(19,20)13-8-11(14(17)18)7-12(15)10(13)3/h7-9H,5-6H2,1-4H3,(H,17,18). The van der Waals surface area contributed by atoms with Crippen LogP contribution in [0.3, 0.4) is 0 Å². The quantitative estimate of drug-likeness (QED) is 0.875. The maximum Gasteiger partial charge on any atom is 0.335 e. The van der Waals surface area contributed by atoms with Crippen molar-refractivity contribution < 1.29 is 22.7 Å². The average Bonchev–Trinajstić information content (AvgIpc) is 2.40. The first-order valence-corrected chi connectivity index (χ1v) is 8.08. The maximum absolute atomic E-state index is 13.8. The number of rotatable bonds is 6. The van der Waals surface area contributed by atoms with Crippen LogP contribution in [-0.4, -0.2) is 36.9 Å². The van der Waals surface area contributed by atoms with E-state index in [-0.39, 0.29) is 22.1 Å². The maximum atomic E-state index is 13.8. The van der Waals surface area contributed by atoms with Crippen molar-refractivity contribution >= 4 is 16.0 Å². The molecule has 5 nitrogen and oxygen atoms in total. The van der Waals surface area contributed by atoms with Crippen LogP contribution >= 0.6 is 0 Å². The Morgan fingerprint density at radius 1 is 1.43 bits per heavy atom. The third-order valence-electron chi connectivity index (χ3n) is 3.53. The van der Waals surface area contributed by atoms with E-state index in [1.54, 1.807) is 6.92 Å². The number of carboxylic acids is 1. The second-order valence-electron chi connectivity index (χ2n) is 5.05. The minimum absolute atomic E-state index is 0.0736. The molecule has 0 saturated heterocycles. The number of nitrogens with zero attached hydrogens (tertiary/aromatic N) is 1. The normalized spacial score (nSPS) is 13.4. The van der Waals surface area contributed by atoms with E-state index in [0.29, 0.717) is 6.42 Å². The van der Waals surface area contributed by atoms with Gasteiger partial charge in [-0.05, 0) is 32.4 Å². The zero-order valence-corrected chi connectivity index (χ0v) is 13.4. The van der Waals surface area contributed by atoms with Gasteiger partial charge in [-0.1, -0.05) is 13.3 Å². The molecule has 0 aliphatic heterocycles. The van der Waals surface area contributed by atoms with Gasteiger partial charge in [0.25, 0.3) is 0 Å². The molecule has 0 radical (unpaired) electrons. The molecule has 0 fully saturated rings. The zero-order valence-electron chi connectivity index (χ0n) is 12.6. The summed E-state index contributed by atoms with van der Waals surface area (Å²) < 4.78 is 40.1. The zero-order chi connectivity index (χ0) is 16.4. The van der Waals surface area contributed by atoms with Gasteiger partial charge in [0.2, 0.25) is 10.0 Å². The van der Waals surface area contributed by atoms with Crippen molar-refractivity contribution in [3.05, 3.63) is 29.1 Å². The van der Waals surface area contributed by atoms with Gasteiger partial charge in [-0.3, -0.25) is 0 Å². The van der Waals surface area contributed by atoms with E-state index in [4.69, 9.17) is 5.11 Å². The molecule has 0 aliphatic carbocycles. The van der Waals surface area contributed by atoms with E-state index in [9.17, 15) is 17.6 Å². The number of benzene rings is 1. The lowest BCUT2D eigenvalue weighted by atomic mass is 10.1. The van der Waals surface area contributed by atoms with Crippen molar-refractivity contribution in [1.82, 2.24) is 4.31 Å². The van der Waals surface area contributed by atoms with Crippen LogP contribution in [0, 0.1) is 12.7 Å². The lowest BCUT2D eigenvalue weighted by Crippen LogP contribution is -2.35. The summed E-state index contributed by atoms with van der Waals surface area (Å²) in [6, 6.07) is 1.58. The molecule has 1 N–H and O–H groups in total. The molecule has 7 heteroatoms. The molecular weight excluding hydrogens is 297 g/mol. The summed E-state index contributed by atoms with van der Waals surface area (Å²) in [6.07, 6.45) is 1.47. The first-order valence-electron chi connectivity index (χ1n) is 6.64. The van der Waals surface area contributed by atoms with Crippen LogP contribution in [-0.2, 0) is 10.0 Å². The van der Waals surface area contributed by atoms with E-state index in [1.165, 1.54) is 14.0 Å². The van der Waals surface area contributed by atoms with E-state index < -0.39 is 21.8 Å². The van der Waals surface area contributed by atoms with Crippen LogP contribution in [0.2, 0.25) is 0 Å². The van der Waals surface area contributed by atoms with Crippen LogP contribution in [0.15, 0.2) is 17.0 Å². The molecule has 118 valence electrons. The lowest BCUT2D eigenvalue weighted by molar-refractivity contribution is 0.0696. The highest BCUT2D eigenvalue weighted by Crippen LogP contribution is 2.25. The summed E-state index contributed by atoms with van der Waals surface area (Å²) in [7, 11) is -2.52. The van der Waals surface area contributed by atoms with Crippen LogP contribution in [0.25, 0.3) is 0 Å². The average molecular weight is 317 g/mol. The van der Waals surface area contributed by atoms with Crippen molar-refractivity contribution in [2.45, 2.75) is 44.6 Å². The van der Waals surface area contributed by atoms with Gasteiger partial charge in [-0.2, -0.15) is 4.31 Å². The van der Waals surface area contributed by atoms with E-state index in [2.05, 4.69) is 0 Å². The summed E-state index contributed by atoms with van der Waals surface area (Å²) in [5, 5.41) is 8.95. The van der Waals surface area contributed by atoms with E-state index in [1.807, 2.05) is 6.92 Å². The van der Waals surface area contributed by atoms with Crippen LogP contribution in [0.5, 0.6) is 0 Å². The molecule has 1 atom stereocenters. The largest absolute Gasteiger partial charge is 0.478 e. The first kappa shape index (κ1) is 17.6. The Balaban J connectivity index is 3.40. The minimum Gasteiger partial charge on any atom is -0.478 e. The molecule has 1 aromatic carbocycles. The SMILES string of the molecule is CCCC(C)N(C)S(=O)(=O)c1cc(C(=O)O)cc(F)c1C. The Labute approximate surface area is 124 Å². The van der Waals surface area contributed by atoms with Crippen LogP contribution in [0.4, 0.5) is 4.39 Å². The summed E-state index contributed by atoms with van der Waals surface area (Å²) in [5.41, 5.74) is -0.455. The molecule has 0 aliphatic rings. The number of aromatic carboxylic acids is 1. The fraction of sp³-hybridized carbons (Fsp3) is 0.500. The number of halogens is 1. The Hall–Kier alpha value is -1.47. The van der Waals surface area contributed by atoms with Crippen molar-refractivity contribution in [3.8, 4) is 0 Å². The fourth-order valence-corrected chi connectivity index (χ4v) is 3.69. The van der Waals surface area contributed by atoms with Crippen LogP contribution in [0.1, 0.15) is 42.6 Å². The van der Waals surface area contributed by atoms with Gasteiger partial charge >= 0.3 is 5.97 Å².